The summed E-state index contributed by atoms with van der Waals surface area (Å²) in [4.78, 5) is 27.1. The van der Waals surface area contributed by atoms with Crippen molar-refractivity contribution in [1.29, 1.82) is 0 Å². The molecule has 0 spiro atoms. The van der Waals surface area contributed by atoms with E-state index in [1.165, 1.54) is 0 Å². The number of fused-ring (bicyclic) bond motifs is 1. The van der Waals surface area contributed by atoms with E-state index in [1.807, 2.05) is 54.6 Å². The minimum atomic E-state index is -0.254. The highest BCUT2D eigenvalue weighted by atomic mass is 79.9. The minimum Gasteiger partial charge on any atom is -0.457 e. The Balaban J connectivity index is 1.43. The van der Waals surface area contributed by atoms with Crippen molar-refractivity contribution in [2.24, 2.45) is 0 Å². The summed E-state index contributed by atoms with van der Waals surface area (Å²) < 4.78 is 6.57. The number of H-pyrrole nitrogens is 1. The summed E-state index contributed by atoms with van der Waals surface area (Å²) >= 11 is 3.52. The lowest BCUT2D eigenvalue weighted by molar-refractivity contribution is 0.263. The summed E-state index contributed by atoms with van der Waals surface area (Å²) in [5.74, 6) is 2.43. The predicted molar refractivity (Wildman–Crippen MR) is 138 cm³/mol. The summed E-state index contributed by atoms with van der Waals surface area (Å²) in [6, 6.07) is 17.4. The van der Waals surface area contributed by atoms with Gasteiger partial charge in [-0.25, -0.2) is 4.98 Å². The Kier molecular flexibility index (Phi) is 6.46. The van der Waals surface area contributed by atoms with Crippen molar-refractivity contribution in [1.82, 2.24) is 19.9 Å². The lowest BCUT2D eigenvalue weighted by atomic mass is 10.1. The second-order valence-corrected chi connectivity index (χ2v) is 9.23. The van der Waals surface area contributed by atoms with Gasteiger partial charge >= 0.3 is 0 Å². The highest BCUT2D eigenvalue weighted by Crippen LogP contribution is 2.29. The van der Waals surface area contributed by atoms with Crippen LogP contribution in [0.15, 0.2) is 70.1 Å². The van der Waals surface area contributed by atoms with Gasteiger partial charge in [0.15, 0.2) is 0 Å². The van der Waals surface area contributed by atoms with Crippen molar-refractivity contribution >= 4 is 44.3 Å². The molecule has 2 aromatic heterocycles. The van der Waals surface area contributed by atoms with Crippen LogP contribution in [0.4, 0.5) is 17.5 Å². The average Bonchev–Trinajstić information content (AvgIpc) is 2.85. The number of benzene rings is 2. The third-order valence-electron chi connectivity index (χ3n) is 5.84. The molecule has 0 unspecified atom stereocenters. The van der Waals surface area contributed by atoms with Crippen LogP contribution < -0.4 is 20.9 Å². The van der Waals surface area contributed by atoms with Crippen LogP contribution in [0.3, 0.4) is 0 Å². The summed E-state index contributed by atoms with van der Waals surface area (Å²) in [6.45, 7) is 2.05. The average molecular weight is 521 g/mol. The van der Waals surface area contributed by atoms with E-state index in [0.29, 0.717) is 27.1 Å². The van der Waals surface area contributed by atoms with Gasteiger partial charge in [-0.2, -0.15) is 4.98 Å². The molecule has 174 valence electrons. The molecule has 9 heteroatoms. The molecule has 1 aliphatic heterocycles. The topological polar surface area (TPSA) is 95.2 Å². The molecule has 2 aromatic carbocycles. The number of hydrogen-bond donors (Lipinski definition) is 3. The number of rotatable bonds is 6. The van der Waals surface area contributed by atoms with Gasteiger partial charge in [-0.1, -0.05) is 18.2 Å². The van der Waals surface area contributed by atoms with Gasteiger partial charge in [-0.05, 0) is 85.3 Å². The van der Waals surface area contributed by atoms with Crippen LogP contribution in [0, 0.1) is 0 Å². The fourth-order valence-electron chi connectivity index (χ4n) is 3.98. The molecular formula is C25H25BrN6O2. The van der Waals surface area contributed by atoms with Crippen LogP contribution in [0.5, 0.6) is 11.5 Å². The molecule has 3 heterocycles. The molecule has 5 rings (SSSR count). The Morgan fingerprint density at radius 2 is 1.74 bits per heavy atom. The Morgan fingerprint density at radius 1 is 1.03 bits per heavy atom. The quantitative estimate of drug-likeness (QED) is 0.324. The van der Waals surface area contributed by atoms with E-state index in [-0.39, 0.29) is 11.6 Å². The van der Waals surface area contributed by atoms with E-state index in [9.17, 15) is 4.79 Å². The standard InChI is InChI=1S/C25H25BrN6O2/c1-32-13-11-17(12-14-32)29-25-30-22-20(26)15-27-24(33)21(22)23(31-25)28-16-7-9-19(10-8-16)34-18-5-3-2-4-6-18/h2-10,15,17H,11-14H2,1H3,(H,27,33)(H2,28,29,30,31). The van der Waals surface area contributed by atoms with Crippen molar-refractivity contribution in [2.75, 3.05) is 30.8 Å². The zero-order valence-corrected chi connectivity index (χ0v) is 20.3. The molecule has 1 fully saturated rings. The fraction of sp³-hybridized carbons (Fsp3) is 0.240. The fourth-order valence-corrected chi connectivity index (χ4v) is 4.38. The Hall–Kier alpha value is -3.43. The van der Waals surface area contributed by atoms with Gasteiger partial charge in [0.05, 0.1) is 9.99 Å². The number of nitrogens with zero attached hydrogens (tertiary/aromatic N) is 3. The van der Waals surface area contributed by atoms with Crippen LogP contribution in [0.2, 0.25) is 0 Å². The van der Waals surface area contributed by atoms with Gasteiger partial charge in [-0.15, -0.1) is 0 Å². The van der Waals surface area contributed by atoms with Crippen molar-refractivity contribution in [2.45, 2.75) is 18.9 Å². The zero-order chi connectivity index (χ0) is 23.5. The molecular weight excluding hydrogens is 496 g/mol. The van der Waals surface area contributed by atoms with E-state index < -0.39 is 0 Å². The van der Waals surface area contributed by atoms with E-state index in [2.05, 4.69) is 53.5 Å². The van der Waals surface area contributed by atoms with Crippen molar-refractivity contribution < 1.29 is 4.74 Å². The molecule has 0 aliphatic carbocycles. The monoisotopic (exact) mass is 520 g/mol. The normalized spacial score (nSPS) is 14.8. The highest BCUT2D eigenvalue weighted by molar-refractivity contribution is 9.10. The molecule has 34 heavy (non-hydrogen) atoms. The number of ether oxygens (including phenoxy) is 1. The molecule has 0 saturated carbocycles. The van der Waals surface area contributed by atoms with E-state index in [0.717, 1.165) is 43.1 Å². The van der Waals surface area contributed by atoms with Crippen LogP contribution >= 0.6 is 15.9 Å². The Bertz CT molecular complexity index is 1340. The largest absolute Gasteiger partial charge is 0.457 e. The van der Waals surface area contributed by atoms with Gasteiger partial charge in [0.2, 0.25) is 5.95 Å². The van der Waals surface area contributed by atoms with Crippen LogP contribution in [0.1, 0.15) is 12.8 Å². The minimum absolute atomic E-state index is 0.254. The number of halogens is 1. The summed E-state index contributed by atoms with van der Waals surface area (Å²) in [5, 5.41) is 7.15. The number of likely N-dealkylation sites (tertiary alicyclic amines) is 1. The van der Waals surface area contributed by atoms with Gasteiger partial charge in [0, 0.05) is 17.9 Å². The van der Waals surface area contributed by atoms with Crippen molar-refractivity contribution in [3.8, 4) is 11.5 Å². The van der Waals surface area contributed by atoms with Crippen molar-refractivity contribution in [3.63, 3.8) is 0 Å². The molecule has 4 aromatic rings. The second-order valence-electron chi connectivity index (χ2n) is 8.37. The maximum Gasteiger partial charge on any atom is 0.261 e. The highest BCUT2D eigenvalue weighted by Gasteiger charge is 2.20. The summed E-state index contributed by atoms with van der Waals surface area (Å²) in [6.07, 6.45) is 3.64. The molecule has 0 amide bonds. The molecule has 0 bridgehead atoms. The van der Waals surface area contributed by atoms with Crippen LogP contribution in [0.25, 0.3) is 10.9 Å². The third-order valence-corrected chi connectivity index (χ3v) is 6.44. The number of aromatic amines is 1. The van der Waals surface area contributed by atoms with Gasteiger partial charge in [0.1, 0.15) is 22.7 Å². The van der Waals surface area contributed by atoms with Gasteiger partial charge < -0.3 is 25.3 Å². The number of hydrogen-bond acceptors (Lipinski definition) is 7. The van der Waals surface area contributed by atoms with Gasteiger partial charge in [-0.3, -0.25) is 4.79 Å². The zero-order valence-electron chi connectivity index (χ0n) is 18.7. The van der Waals surface area contributed by atoms with Crippen LogP contribution in [-0.2, 0) is 0 Å². The molecule has 0 radical (unpaired) electrons. The lowest BCUT2D eigenvalue weighted by Crippen LogP contribution is -2.37. The first-order valence-corrected chi connectivity index (χ1v) is 12.0. The molecule has 1 saturated heterocycles. The number of para-hydroxylation sites is 1. The van der Waals surface area contributed by atoms with E-state index in [1.54, 1.807) is 6.20 Å². The second kappa shape index (κ2) is 9.82. The van der Waals surface area contributed by atoms with Gasteiger partial charge in [0.25, 0.3) is 5.56 Å². The number of piperidine rings is 1. The molecule has 1 aliphatic rings. The predicted octanol–water partition coefficient (Wildman–Crippen LogP) is 5.12. The lowest BCUT2D eigenvalue weighted by Gasteiger charge is -2.29. The number of nitrogens with one attached hydrogen (secondary N) is 3. The third kappa shape index (κ3) is 5.05. The van der Waals surface area contributed by atoms with E-state index in [4.69, 9.17) is 4.74 Å². The number of pyridine rings is 1. The SMILES string of the molecule is CN1CCC(Nc2nc(Nc3ccc(Oc4ccccc4)cc3)c3c(=O)[nH]cc(Br)c3n2)CC1. The first kappa shape index (κ1) is 22.4. The maximum absolute atomic E-state index is 12.7. The molecule has 3 N–H and O–H groups in total. The summed E-state index contributed by atoms with van der Waals surface area (Å²) in [5.41, 5.74) is 1.08. The first-order chi connectivity index (χ1) is 16.5. The number of anilines is 3. The molecule has 8 nitrogen and oxygen atoms in total. The van der Waals surface area contributed by atoms with Crippen LogP contribution in [-0.4, -0.2) is 46.0 Å². The maximum atomic E-state index is 12.7. The Morgan fingerprint density at radius 3 is 2.47 bits per heavy atom. The number of aromatic nitrogens is 3. The Labute approximate surface area is 205 Å². The van der Waals surface area contributed by atoms with E-state index >= 15 is 0 Å². The molecule has 0 atom stereocenters. The summed E-state index contributed by atoms with van der Waals surface area (Å²) in [7, 11) is 2.13. The van der Waals surface area contributed by atoms with Crippen molar-refractivity contribution in [3.05, 3.63) is 75.6 Å². The smallest absolute Gasteiger partial charge is 0.261 e. The first-order valence-electron chi connectivity index (χ1n) is 11.2.